The van der Waals surface area contributed by atoms with Crippen LogP contribution < -0.4 is 10.2 Å². The zero-order chi connectivity index (χ0) is 17.1. The molecule has 0 atom stereocenters. The molecule has 0 bridgehead atoms. The predicted molar refractivity (Wildman–Crippen MR) is 102 cm³/mol. The van der Waals surface area contributed by atoms with Crippen LogP contribution in [0.5, 0.6) is 0 Å². The summed E-state index contributed by atoms with van der Waals surface area (Å²) in [5, 5.41) is 3.88. The number of rotatable bonds is 2. The number of thiocarbonyl (C=S) groups is 1. The van der Waals surface area contributed by atoms with Crippen molar-refractivity contribution in [1.82, 2.24) is 4.90 Å². The number of nitrogens with one attached hydrogen (secondary N) is 1. The molecular weight excluding hydrogens is 321 g/mol. The lowest BCUT2D eigenvalue weighted by Gasteiger charge is -2.38. The second-order valence-corrected chi connectivity index (χ2v) is 6.52. The van der Waals surface area contributed by atoms with Crippen LogP contribution in [0.3, 0.4) is 0 Å². The first-order valence-corrected chi connectivity index (χ1v) is 8.58. The minimum absolute atomic E-state index is 0.242. The average Bonchev–Trinajstić information content (AvgIpc) is 2.59. The molecule has 1 fully saturated rings. The molecule has 0 amide bonds. The van der Waals surface area contributed by atoms with Crippen LogP contribution in [0.4, 0.5) is 15.8 Å². The molecule has 1 N–H and O–H groups in total. The van der Waals surface area contributed by atoms with Crippen LogP contribution in [-0.2, 0) is 0 Å². The third-order valence-corrected chi connectivity index (χ3v) is 4.94. The summed E-state index contributed by atoms with van der Waals surface area (Å²) in [6, 6.07) is 12.7. The standard InChI is InChI=1S/C19H22FN3S/c1-14-4-3-5-18(15(14)2)22-10-12-23(13-11-22)19(24)21-17-8-6-16(20)7-9-17/h3-9H,10-13H2,1-2H3,(H,21,24). The molecule has 3 nitrogen and oxygen atoms in total. The van der Waals surface area contributed by atoms with Crippen molar-refractivity contribution in [3.63, 3.8) is 0 Å². The van der Waals surface area contributed by atoms with E-state index in [1.807, 2.05) is 0 Å². The van der Waals surface area contributed by atoms with E-state index in [4.69, 9.17) is 12.2 Å². The molecule has 2 aromatic rings. The molecule has 0 spiro atoms. The summed E-state index contributed by atoms with van der Waals surface area (Å²) < 4.78 is 13.0. The van der Waals surface area contributed by atoms with Gasteiger partial charge in [0.1, 0.15) is 5.82 Å². The van der Waals surface area contributed by atoms with E-state index in [0.29, 0.717) is 5.11 Å². The molecule has 0 radical (unpaired) electrons. The first-order valence-electron chi connectivity index (χ1n) is 8.17. The highest BCUT2D eigenvalue weighted by Gasteiger charge is 2.20. The van der Waals surface area contributed by atoms with E-state index in [0.717, 1.165) is 31.9 Å². The number of nitrogens with zero attached hydrogens (tertiary/aromatic N) is 2. The highest BCUT2D eigenvalue weighted by atomic mass is 32.1. The average molecular weight is 343 g/mol. The lowest BCUT2D eigenvalue weighted by molar-refractivity contribution is 0.390. The monoisotopic (exact) mass is 343 g/mol. The van der Waals surface area contributed by atoms with Gasteiger partial charge in [0.2, 0.25) is 0 Å². The molecule has 2 aromatic carbocycles. The second kappa shape index (κ2) is 7.18. The summed E-state index contributed by atoms with van der Waals surface area (Å²) in [5.41, 5.74) is 4.80. The molecule has 0 aliphatic carbocycles. The number of benzene rings is 2. The lowest BCUT2D eigenvalue weighted by Crippen LogP contribution is -2.50. The maximum atomic E-state index is 13.0. The minimum Gasteiger partial charge on any atom is -0.368 e. The Balaban J connectivity index is 1.59. The Labute approximate surface area is 148 Å². The predicted octanol–water partition coefficient (Wildman–Crippen LogP) is 3.96. The number of piperazine rings is 1. The fourth-order valence-corrected chi connectivity index (χ4v) is 3.26. The molecular formula is C19H22FN3S. The van der Waals surface area contributed by atoms with E-state index < -0.39 is 0 Å². The summed E-state index contributed by atoms with van der Waals surface area (Å²) in [5.74, 6) is -0.242. The van der Waals surface area contributed by atoms with Gasteiger partial charge in [-0.25, -0.2) is 4.39 Å². The van der Waals surface area contributed by atoms with Crippen molar-refractivity contribution in [2.75, 3.05) is 36.4 Å². The topological polar surface area (TPSA) is 18.5 Å². The number of anilines is 2. The van der Waals surface area contributed by atoms with Gasteiger partial charge in [0.15, 0.2) is 5.11 Å². The Bertz CT molecular complexity index is 722. The first-order chi connectivity index (χ1) is 11.5. The molecule has 24 heavy (non-hydrogen) atoms. The van der Waals surface area contributed by atoms with Crippen molar-refractivity contribution in [3.05, 3.63) is 59.4 Å². The normalized spacial score (nSPS) is 14.6. The van der Waals surface area contributed by atoms with E-state index in [2.05, 4.69) is 47.2 Å². The third-order valence-electron chi connectivity index (χ3n) is 4.58. The van der Waals surface area contributed by atoms with Gasteiger partial charge in [0, 0.05) is 37.6 Å². The number of hydrogen-bond donors (Lipinski definition) is 1. The number of aryl methyl sites for hydroxylation is 1. The molecule has 1 aliphatic heterocycles. The van der Waals surface area contributed by atoms with Crippen molar-refractivity contribution < 1.29 is 4.39 Å². The maximum absolute atomic E-state index is 13.0. The summed E-state index contributed by atoms with van der Waals surface area (Å²) >= 11 is 5.49. The van der Waals surface area contributed by atoms with Crippen molar-refractivity contribution >= 4 is 28.7 Å². The van der Waals surface area contributed by atoms with Crippen LogP contribution in [0.1, 0.15) is 11.1 Å². The molecule has 1 saturated heterocycles. The van der Waals surface area contributed by atoms with E-state index in [9.17, 15) is 4.39 Å². The summed E-state index contributed by atoms with van der Waals surface area (Å²) in [7, 11) is 0. The molecule has 1 heterocycles. The van der Waals surface area contributed by atoms with Crippen LogP contribution in [0, 0.1) is 19.7 Å². The van der Waals surface area contributed by atoms with E-state index in [-0.39, 0.29) is 5.82 Å². The highest BCUT2D eigenvalue weighted by Crippen LogP contribution is 2.24. The number of halogens is 1. The Kier molecular flexibility index (Phi) is 5.00. The van der Waals surface area contributed by atoms with Gasteiger partial charge in [-0.1, -0.05) is 12.1 Å². The molecule has 0 unspecified atom stereocenters. The largest absolute Gasteiger partial charge is 0.368 e. The van der Waals surface area contributed by atoms with Crippen LogP contribution in [0.15, 0.2) is 42.5 Å². The van der Waals surface area contributed by atoms with Crippen molar-refractivity contribution in [2.24, 2.45) is 0 Å². The summed E-state index contributed by atoms with van der Waals surface area (Å²) in [4.78, 5) is 4.58. The first kappa shape index (κ1) is 16.7. The fraction of sp³-hybridized carbons (Fsp3) is 0.316. The smallest absolute Gasteiger partial charge is 0.173 e. The third kappa shape index (κ3) is 3.67. The fourth-order valence-electron chi connectivity index (χ4n) is 2.96. The van der Waals surface area contributed by atoms with Crippen LogP contribution in [-0.4, -0.2) is 36.2 Å². The Hall–Kier alpha value is -2.14. The second-order valence-electron chi connectivity index (χ2n) is 6.13. The van der Waals surface area contributed by atoms with Crippen LogP contribution >= 0.6 is 12.2 Å². The highest BCUT2D eigenvalue weighted by molar-refractivity contribution is 7.80. The van der Waals surface area contributed by atoms with Gasteiger partial charge in [0.25, 0.3) is 0 Å². The lowest BCUT2D eigenvalue weighted by atomic mass is 10.1. The van der Waals surface area contributed by atoms with E-state index in [1.54, 1.807) is 12.1 Å². The molecule has 0 aromatic heterocycles. The molecule has 1 aliphatic rings. The molecule has 126 valence electrons. The van der Waals surface area contributed by atoms with Gasteiger partial charge >= 0.3 is 0 Å². The van der Waals surface area contributed by atoms with E-state index >= 15 is 0 Å². The SMILES string of the molecule is Cc1cccc(N2CCN(C(=S)Nc3ccc(F)cc3)CC2)c1C. The quantitative estimate of drug-likeness (QED) is 0.832. The summed E-state index contributed by atoms with van der Waals surface area (Å²) in [6.07, 6.45) is 0. The number of hydrogen-bond acceptors (Lipinski definition) is 2. The zero-order valence-corrected chi connectivity index (χ0v) is 14.9. The minimum atomic E-state index is -0.242. The molecule has 3 rings (SSSR count). The molecule has 5 heteroatoms. The van der Waals surface area contributed by atoms with Crippen molar-refractivity contribution in [3.8, 4) is 0 Å². The van der Waals surface area contributed by atoms with Crippen molar-refractivity contribution in [2.45, 2.75) is 13.8 Å². The summed E-state index contributed by atoms with van der Waals surface area (Å²) in [6.45, 7) is 7.96. The maximum Gasteiger partial charge on any atom is 0.173 e. The van der Waals surface area contributed by atoms with Crippen molar-refractivity contribution in [1.29, 1.82) is 0 Å². The Morgan fingerprint density at radius 3 is 2.33 bits per heavy atom. The molecule has 0 saturated carbocycles. The van der Waals surface area contributed by atoms with Gasteiger partial charge in [-0.05, 0) is 67.5 Å². The van der Waals surface area contributed by atoms with Gasteiger partial charge in [-0.2, -0.15) is 0 Å². The van der Waals surface area contributed by atoms with E-state index in [1.165, 1.54) is 28.9 Å². The van der Waals surface area contributed by atoms with Gasteiger partial charge in [0.05, 0.1) is 0 Å². The van der Waals surface area contributed by atoms with Gasteiger partial charge < -0.3 is 15.1 Å². The van der Waals surface area contributed by atoms with Crippen LogP contribution in [0.25, 0.3) is 0 Å². The van der Waals surface area contributed by atoms with Gasteiger partial charge in [-0.3, -0.25) is 0 Å². The zero-order valence-electron chi connectivity index (χ0n) is 14.1. The Morgan fingerprint density at radius 1 is 1.00 bits per heavy atom. The van der Waals surface area contributed by atoms with Gasteiger partial charge in [-0.15, -0.1) is 0 Å². The van der Waals surface area contributed by atoms with Crippen LogP contribution in [0.2, 0.25) is 0 Å². The Morgan fingerprint density at radius 2 is 1.67 bits per heavy atom.